The number of rotatable bonds is 36. The maximum atomic E-state index is 12.8. The van der Waals surface area contributed by atoms with Crippen molar-refractivity contribution in [3.05, 3.63) is 24.3 Å². The van der Waals surface area contributed by atoms with Crippen LogP contribution in [-0.2, 0) is 32.7 Å². The Labute approximate surface area is 343 Å². The van der Waals surface area contributed by atoms with E-state index in [9.17, 15) is 44.6 Å². The molecular weight excluding hydrogens is 755 g/mol. The number of ether oxygens (including phenoxy) is 2. The summed E-state index contributed by atoms with van der Waals surface area (Å²) >= 11 is 0. The fraction of sp³-hybridized carbons (Fsp3) is 0.860. The Morgan fingerprint density at radius 1 is 0.544 bits per heavy atom. The Kier molecular flexibility index (Phi) is 31.9. The molecule has 0 heterocycles. The van der Waals surface area contributed by atoms with Crippen molar-refractivity contribution >= 4 is 19.8 Å². The van der Waals surface area contributed by atoms with Crippen molar-refractivity contribution in [2.24, 2.45) is 0 Å². The minimum Gasteiger partial charge on any atom is -0.462 e. The van der Waals surface area contributed by atoms with Crippen molar-refractivity contribution in [3.63, 3.8) is 0 Å². The summed E-state index contributed by atoms with van der Waals surface area (Å²) < 4.78 is 33.5. The number of carbonyl (C=O) groups excluding carboxylic acids is 2. The van der Waals surface area contributed by atoms with Crippen LogP contribution in [0.15, 0.2) is 24.3 Å². The molecule has 334 valence electrons. The van der Waals surface area contributed by atoms with Crippen LogP contribution in [0.25, 0.3) is 0 Å². The van der Waals surface area contributed by atoms with Crippen LogP contribution in [0.5, 0.6) is 0 Å². The molecule has 0 amide bonds. The number of allylic oxidation sites excluding steroid dienone is 4. The molecule has 6 unspecified atom stereocenters. The predicted molar refractivity (Wildman–Crippen MR) is 221 cm³/mol. The maximum absolute atomic E-state index is 12.8. The Balaban J connectivity index is 2.49. The van der Waals surface area contributed by atoms with Gasteiger partial charge in [-0.15, -0.1) is 0 Å². The van der Waals surface area contributed by atoms with Gasteiger partial charge in [0.25, 0.3) is 0 Å². The van der Waals surface area contributed by atoms with Gasteiger partial charge < -0.3 is 39.9 Å². The fourth-order valence-electron chi connectivity index (χ4n) is 6.66. The number of unbranched alkanes of at least 4 members (excludes halogenated alkanes) is 20. The molecule has 6 N–H and O–H groups in total. The first kappa shape index (κ1) is 53.3. The van der Waals surface area contributed by atoms with Crippen LogP contribution in [0.1, 0.15) is 181 Å². The summed E-state index contributed by atoms with van der Waals surface area (Å²) in [7, 11) is -5.11. The zero-order valence-corrected chi connectivity index (χ0v) is 36.0. The van der Waals surface area contributed by atoms with Gasteiger partial charge in [0.2, 0.25) is 0 Å². The van der Waals surface area contributed by atoms with E-state index in [1.54, 1.807) is 0 Å². The summed E-state index contributed by atoms with van der Waals surface area (Å²) in [5.41, 5.74) is 0. The Morgan fingerprint density at radius 3 is 1.47 bits per heavy atom. The Hall–Kier alpha value is -1.67. The average molecular weight is 835 g/mol. The molecule has 0 aromatic rings. The van der Waals surface area contributed by atoms with Crippen molar-refractivity contribution in [3.8, 4) is 0 Å². The lowest BCUT2D eigenvalue weighted by Crippen LogP contribution is -2.64. The van der Waals surface area contributed by atoms with Crippen molar-refractivity contribution < 1.29 is 63.1 Å². The molecule has 14 heteroatoms. The lowest BCUT2D eigenvalue weighted by molar-refractivity contribution is -0.220. The second-order valence-corrected chi connectivity index (χ2v) is 17.0. The molecule has 1 aliphatic rings. The molecule has 0 bridgehead atoms. The molecule has 13 nitrogen and oxygen atoms in total. The summed E-state index contributed by atoms with van der Waals surface area (Å²) in [6, 6.07) is 0. The van der Waals surface area contributed by atoms with Crippen LogP contribution in [0.4, 0.5) is 0 Å². The first-order valence-corrected chi connectivity index (χ1v) is 23.6. The number of phosphoric acid groups is 1. The van der Waals surface area contributed by atoms with Crippen molar-refractivity contribution in [2.45, 2.75) is 224 Å². The standard InChI is InChI=1S/C43H79O13P/c1-3-5-7-9-11-13-15-17-19-21-23-25-27-29-31-36(44)53-33-35(34-54-57(51,52)56-43-41(49)39(47)38(46)40(48)42(43)50)55-37(45)32-30-28-26-24-22-20-18-16-14-12-10-8-6-4-2/h9,11,15,17,35,38-43,46-50H,3-8,10,12-14,16,18-34H2,1-2H3,(H,51,52)/b11-9+,17-15+/t35-,38?,39-,40?,41?,42?,43?/m1/s1. The molecule has 8 atom stereocenters. The van der Waals surface area contributed by atoms with Gasteiger partial charge in [-0.1, -0.05) is 154 Å². The Morgan fingerprint density at radius 2 is 0.965 bits per heavy atom. The van der Waals surface area contributed by atoms with Gasteiger partial charge in [-0.3, -0.25) is 18.6 Å². The van der Waals surface area contributed by atoms with Gasteiger partial charge in [0.1, 0.15) is 43.2 Å². The number of carbonyl (C=O) groups is 2. The van der Waals surface area contributed by atoms with Gasteiger partial charge in [0.05, 0.1) is 6.61 Å². The smallest absolute Gasteiger partial charge is 0.462 e. The normalized spacial score (nSPS) is 22.9. The van der Waals surface area contributed by atoms with E-state index in [4.69, 9.17) is 18.5 Å². The summed E-state index contributed by atoms with van der Waals surface area (Å²) in [5, 5.41) is 50.1. The highest BCUT2D eigenvalue weighted by Gasteiger charge is 2.51. The number of hydrogen-bond donors (Lipinski definition) is 6. The quantitative estimate of drug-likeness (QED) is 0.0153. The van der Waals surface area contributed by atoms with Crippen LogP contribution >= 0.6 is 7.82 Å². The van der Waals surface area contributed by atoms with E-state index in [1.807, 2.05) is 0 Å². The average Bonchev–Trinajstić information content (AvgIpc) is 3.19. The zero-order valence-electron chi connectivity index (χ0n) is 35.1. The van der Waals surface area contributed by atoms with Crippen LogP contribution in [0.2, 0.25) is 0 Å². The molecule has 0 radical (unpaired) electrons. The lowest BCUT2D eigenvalue weighted by Gasteiger charge is -2.41. The molecule has 57 heavy (non-hydrogen) atoms. The van der Waals surface area contributed by atoms with Crippen LogP contribution in [0.3, 0.4) is 0 Å². The highest BCUT2D eigenvalue weighted by molar-refractivity contribution is 7.47. The second kappa shape index (κ2) is 34.1. The topological polar surface area (TPSA) is 210 Å². The van der Waals surface area contributed by atoms with Crippen LogP contribution in [-0.4, -0.2) is 98.3 Å². The molecular formula is C43H79O13P. The SMILES string of the molecule is CCCC/C=C/C/C=C/CCCCCCCC(=O)OC[C@H](COP(=O)(O)OC1C(O)C(O)C(O)[C@@H](O)C1O)OC(=O)CCCCCCCCCCCCCCCC. The molecule has 1 saturated carbocycles. The monoisotopic (exact) mass is 835 g/mol. The molecule has 0 aromatic carbocycles. The van der Waals surface area contributed by atoms with E-state index in [2.05, 4.69) is 38.2 Å². The van der Waals surface area contributed by atoms with Gasteiger partial charge in [-0.25, -0.2) is 4.57 Å². The van der Waals surface area contributed by atoms with E-state index >= 15 is 0 Å². The Bertz CT molecular complexity index is 1100. The van der Waals surface area contributed by atoms with Gasteiger partial charge in [-0.05, 0) is 38.5 Å². The minimum atomic E-state index is -5.11. The van der Waals surface area contributed by atoms with E-state index in [0.717, 1.165) is 70.6 Å². The first-order valence-electron chi connectivity index (χ1n) is 22.1. The highest BCUT2D eigenvalue weighted by atomic mass is 31.2. The zero-order chi connectivity index (χ0) is 42.2. The number of aliphatic hydroxyl groups excluding tert-OH is 5. The molecule has 1 rings (SSSR count). The van der Waals surface area contributed by atoms with Gasteiger partial charge in [0, 0.05) is 12.8 Å². The van der Waals surface area contributed by atoms with E-state index in [1.165, 1.54) is 70.6 Å². The van der Waals surface area contributed by atoms with Crippen molar-refractivity contribution in [1.82, 2.24) is 0 Å². The largest absolute Gasteiger partial charge is 0.472 e. The number of aliphatic hydroxyl groups is 5. The number of hydrogen-bond acceptors (Lipinski definition) is 12. The van der Waals surface area contributed by atoms with E-state index < -0.39 is 75.7 Å². The highest BCUT2D eigenvalue weighted by Crippen LogP contribution is 2.47. The number of esters is 2. The fourth-order valence-corrected chi connectivity index (χ4v) is 7.63. The third-order valence-electron chi connectivity index (χ3n) is 10.3. The molecule has 0 spiro atoms. The lowest BCUT2D eigenvalue weighted by atomic mass is 9.85. The van der Waals surface area contributed by atoms with Crippen LogP contribution < -0.4 is 0 Å². The summed E-state index contributed by atoms with van der Waals surface area (Å²) in [6.45, 7) is 3.24. The van der Waals surface area contributed by atoms with Crippen molar-refractivity contribution in [2.75, 3.05) is 13.2 Å². The van der Waals surface area contributed by atoms with Crippen molar-refractivity contribution in [1.29, 1.82) is 0 Å². The van der Waals surface area contributed by atoms with E-state index in [-0.39, 0.29) is 12.8 Å². The summed E-state index contributed by atoms with van der Waals surface area (Å²) in [5.74, 6) is -1.11. The van der Waals surface area contributed by atoms with Gasteiger partial charge >= 0.3 is 19.8 Å². The molecule has 0 aromatic heterocycles. The first-order chi connectivity index (χ1) is 27.4. The van der Waals surface area contributed by atoms with Gasteiger partial charge in [-0.2, -0.15) is 0 Å². The van der Waals surface area contributed by atoms with Crippen LogP contribution in [0, 0.1) is 0 Å². The maximum Gasteiger partial charge on any atom is 0.472 e. The third-order valence-corrected chi connectivity index (χ3v) is 11.3. The molecule has 1 fully saturated rings. The third kappa shape index (κ3) is 26.9. The van der Waals surface area contributed by atoms with Gasteiger partial charge in [0.15, 0.2) is 6.10 Å². The second-order valence-electron chi connectivity index (χ2n) is 15.6. The number of phosphoric ester groups is 1. The van der Waals surface area contributed by atoms with E-state index in [0.29, 0.717) is 12.8 Å². The minimum absolute atomic E-state index is 0.0974. The summed E-state index contributed by atoms with van der Waals surface area (Å²) in [4.78, 5) is 35.6. The predicted octanol–water partition coefficient (Wildman–Crippen LogP) is 8.06. The summed E-state index contributed by atoms with van der Waals surface area (Å²) in [6.07, 6.45) is 22.3. The molecule has 0 aliphatic heterocycles. The molecule has 1 aliphatic carbocycles. The molecule has 0 saturated heterocycles.